The van der Waals surface area contributed by atoms with Crippen molar-refractivity contribution in [3.63, 3.8) is 0 Å². The molecule has 3 unspecified atom stereocenters. The van der Waals surface area contributed by atoms with Crippen LogP contribution < -0.4 is 5.32 Å². The van der Waals surface area contributed by atoms with Gasteiger partial charge < -0.3 is 5.32 Å². The maximum absolute atomic E-state index is 3.85. The Morgan fingerprint density at radius 3 is 2.00 bits per heavy atom. The molecule has 2 saturated carbocycles. The average Bonchev–Trinajstić information content (AvgIpc) is 2.61. The maximum atomic E-state index is 3.85. The molecule has 2 fully saturated rings. The van der Waals surface area contributed by atoms with E-state index in [9.17, 15) is 0 Å². The van der Waals surface area contributed by atoms with Gasteiger partial charge >= 0.3 is 0 Å². The molecule has 0 spiro atoms. The van der Waals surface area contributed by atoms with Crippen molar-refractivity contribution < 1.29 is 0 Å². The van der Waals surface area contributed by atoms with Crippen molar-refractivity contribution in [3.05, 3.63) is 0 Å². The Morgan fingerprint density at radius 2 is 1.53 bits per heavy atom. The van der Waals surface area contributed by atoms with Gasteiger partial charge in [-0.15, -0.1) is 0 Å². The third kappa shape index (κ3) is 2.28. The van der Waals surface area contributed by atoms with Gasteiger partial charge in [0.1, 0.15) is 0 Å². The zero-order valence-electron chi connectivity index (χ0n) is 12.6. The van der Waals surface area contributed by atoms with Gasteiger partial charge in [0.05, 0.1) is 0 Å². The molecule has 0 saturated heterocycles. The second kappa shape index (κ2) is 4.26. The fourth-order valence-corrected chi connectivity index (χ4v) is 3.86. The predicted octanol–water partition coefficient (Wildman–Crippen LogP) is 4.08. The topological polar surface area (TPSA) is 12.0 Å². The van der Waals surface area contributed by atoms with Crippen molar-refractivity contribution in [2.24, 2.45) is 28.6 Å². The normalized spacial score (nSPS) is 40.2. The summed E-state index contributed by atoms with van der Waals surface area (Å²) in [5.74, 6) is 2.70. The van der Waals surface area contributed by atoms with Gasteiger partial charge in [-0.1, -0.05) is 41.5 Å². The lowest BCUT2D eigenvalue weighted by Gasteiger charge is -2.32. The number of hydrogen-bond donors (Lipinski definition) is 1. The highest BCUT2D eigenvalue weighted by atomic mass is 14.9. The monoisotopic (exact) mass is 237 g/mol. The first-order valence-electron chi connectivity index (χ1n) is 7.50. The van der Waals surface area contributed by atoms with E-state index < -0.39 is 0 Å². The van der Waals surface area contributed by atoms with Gasteiger partial charge in [0.25, 0.3) is 0 Å². The molecule has 2 aliphatic carbocycles. The largest absolute Gasteiger partial charge is 0.314 e. The van der Waals surface area contributed by atoms with E-state index in [-0.39, 0.29) is 0 Å². The Bertz CT molecular complexity index is 265. The highest BCUT2D eigenvalue weighted by Crippen LogP contribution is 2.67. The van der Waals surface area contributed by atoms with Gasteiger partial charge in [-0.3, -0.25) is 0 Å². The fraction of sp³-hybridized carbons (Fsp3) is 1.00. The molecular formula is C16H31N. The molecule has 0 aliphatic heterocycles. The third-order valence-electron chi connectivity index (χ3n) is 6.53. The molecule has 0 aromatic heterocycles. The molecule has 0 aromatic carbocycles. The van der Waals surface area contributed by atoms with Gasteiger partial charge in [0.2, 0.25) is 0 Å². The van der Waals surface area contributed by atoms with Crippen LogP contribution in [0.3, 0.4) is 0 Å². The van der Waals surface area contributed by atoms with Crippen LogP contribution in [0.1, 0.15) is 60.8 Å². The van der Waals surface area contributed by atoms with Crippen LogP contribution in [-0.2, 0) is 0 Å². The Balaban J connectivity index is 1.77. The molecule has 0 aromatic rings. The van der Waals surface area contributed by atoms with Crippen LogP contribution in [0.25, 0.3) is 0 Å². The molecule has 0 heterocycles. The highest BCUT2D eigenvalue weighted by Gasteiger charge is 2.63. The Kier molecular flexibility index (Phi) is 3.36. The third-order valence-corrected chi connectivity index (χ3v) is 6.53. The van der Waals surface area contributed by atoms with Crippen LogP contribution in [-0.4, -0.2) is 12.6 Å². The number of hydrogen-bond acceptors (Lipinski definition) is 1. The van der Waals surface area contributed by atoms with Crippen molar-refractivity contribution >= 4 is 0 Å². The van der Waals surface area contributed by atoms with E-state index in [4.69, 9.17) is 0 Å². The van der Waals surface area contributed by atoms with Crippen molar-refractivity contribution in [1.82, 2.24) is 5.32 Å². The van der Waals surface area contributed by atoms with Gasteiger partial charge in [-0.25, -0.2) is 0 Å². The summed E-state index contributed by atoms with van der Waals surface area (Å²) in [5.41, 5.74) is 1.07. The Labute approximate surface area is 108 Å². The quantitative estimate of drug-likeness (QED) is 0.780. The van der Waals surface area contributed by atoms with E-state index >= 15 is 0 Å². The highest BCUT2D eigenvalue weighted by molar-refractivity contribution is 5.13. The predicted molar refractivity (Wildman–Crippen MR) is 75.0 cm³/mol. The first kappa shape index (κ1) is 13.4. The molecule has 17 heavy (non-hydrogen) atoms. The molecule has 2 aliphatic rings. The smallest absolute Gasteiger partial charge is 0.00699 e. The van der Waals surface area contributed by atoms with E-state index in [0.717, 1.165) is 23.8 Å². The fourth-order valence-electron chi connectivity index (χ4n) is 3.86. The zero-order valence-corrected chi connectivity index (χ0v) is 12.6. The summed E-state index contributed by atoms with van der Waals surface area (Å²) in [6.45, 7) is 15.7. The summed E-state index contributed by atoms with van der Waals surface area (Å²) in [5, 5.41) is 3.85. The minimum Gasteiger partial charge on any atom is -0.314 e. The van der Waals surface area contributed by atoms with Crippen molar-refractivity contribution in [2.75, 3.05) is 6.54 Å². The summed E-state index contributed by atoms with van der Waals surface area (Å²) < 4.78 is 0. The maximum Gasteiger partial charge on any atom is 0.00699 e. The first-order chi connectivity index (χ1) is 7.76. The minimum absolute atomic E-state index is 0.535. The minimum atomic E-state index is 0.535. The van der Waals surface area contributed by atoms with E-state index in [1.165, 1.54) is 25.8 Å². The van der Waals surface area contributed by atoms with Crippen molar-refractivity contribution in [2.45, 2.75) is 66.8 Å². The van der Waals surface area contributed by atoms with Crippen LogP contribution in [0, 0.1) is 28.6 Å². The summed E-state index contributed by atoms with van der Waals surface area (Å²) >= 11 is 0. The van der Waals surface area contributed by atoms with Gasteiger partial charge in [0.15, 0.2) is 0 Å². The molecule has 0 bridgehead atoms. The Hall–Kier alpha value is -0.0400. The second-order valence-corrected chi connectivity index (χ2v) is 7.87. The molecule has 1 nitrogen and oxygen atoms in total. The molecule has 1 N–H and O–H groups in total. The van der Waals surface area contributed by atoms with Crippen molar-refractivity contribution in [3.8, 4) is 0 Å². The van der Waals surface area contributed by atoms with E-state index in [1.54, 1.807) is 0 Å². The van der Waals surface area contributed by atoms with Crippen LogP contribution in [0.5, 0.6) is 0 Å². The van der Waals surface area contributed by atoms with Crippen LogP contribution in [0.15, 0.2) is 0 Å². The molecule has 3 atom stereocenters. The lowest BCUT2D eigenvalue weighted by Crippen LogP contribution is -2.37. The Morgan fingerprint density at radius 1 is 0.941 bits per heavy atom. The number of nitrogens with one attached hydrogen (secondary N) is 1. The average molecular weight is 237 g/mol. The number of rotatable bonds is 3. The molecule has 100 valence electrons. The van der Waals surface area contributed by atoms with Crippen molar-refractivity contribution in [1.29, 1.82) is 0 Å². The van der Waals surface area contributed by atoms with Gasteiger partial charge in [-0.05, 0) is 54.4 Å². The standard InChI is InChI=1S/C16H31N/c1-11-7-8-13(9-12(11)2)17-10-14-15(3,4)16(14,5)6/h11-14,17H,7-10H2,1-6H3. The second-order valence-electron chi connectivity index (χ2n) is 7.87. The summed E-state index contributed by atoms with van der Waals surface area (Å²) in [6, 6.07) is 0.786. The molecule has 0 radical (unpaired) electrons. The summed E-state index contributed by atoms with van der Waals surface area (Å²) in [7, 11) is 0. The summed E-state index contributed by atoms with van der Waals surface area (Å²) in [6.07, 6.45) is 4.18. The van der Waals surface area contributed by atoms with Gasteiger partial charge in [0, 0.05) is 6.04 Å². The van der Waals surface area contributed by atoms with E-state index in [2.05, 4.69) is 46.9 Å². The molecule has 1 heteroatoms. The van der Waals surface area contributed by atoms with Crippen LogP contribution in [0.2, 0.25) is 0 Å². The SMILES string of the molecule is CC1CCC(NCC2C(C)(C)C2(C)C)CC1C. The molecule has 2 rings (SSSR count). The molecular weight excluding hydrogens is 206 g/mol. The van der Waals surface area contributed by atoms with E-state index in [0.29, 0.717) is 10.8 Å². The lowest BCUT2D eigenvalue weighted by molar-refractivity contribution is 0.223. The lowest BCUT2D eigenvalue weighted by atomic mass is 9.79. The van der Waals surface area contributed by atoms with Crippen LogP contribution in [0.4, 0.5) is 0 Å². The summed E-state index contributed by atoms with van der Waals surface area (Å²) in [4.78, 5) is 0. The van der Waals surface area contributed by atoms with Gasteiger partial charge in [-0.2, -0.15) is 0 Å². The van der Waals surface area contributed by atoms with Crippen LogP contribution >= 0.6 is 0 Å². The van der Waals surface area contributed by atoms with E-state index in [1.807, 2.05) is 0 Å². The molecule has 0 amide bonds. The first-order valence-corrected chi connectivity index (χ1v) is 7.50. The zero-order chi connectivity index (χ0) is 12.8.